The molecule has 0 spiro atoms. The maximum atomic E-state index is 12.7. The van der Waals surface area contributed by atoms with Crippen LogP contribution in [-0.2, 0) is 20.6 Å². The molecular weight excluding hydrogens is 392 g/mol. The topological polar surface area (TPSA) is 139 Å². The molecule has 0 radical (unpaired) electrons. The Morgan fingerprint density at radius 2 is 1.83 bits per heavy atom. The van der Waals surface area contributed by atoms with Crippen molar-refractivity contribution >= 4 is 17.1 Å². The molecule has 2 heterocycles. The predicted octanol–water partition coefficient (Wildman–Crippen LogP) is -0.747. The minimum Gasteiger partial charge on any atom is -0.497 e. The van der Waals surface area contributed by atoms with Crippen molar-refractivity contribution in [2.24, 2.45) is 19.8 Å². The van der Waals surface area contributed by atoms with Crippen LogP contribution in [0.2, 0.25) is 0 Å². The molecule has 1 atom stereocenters. The number of ether oxygens (including phenoxy) is 2. The average Bonchev–Trinajstić information content (AvgIpc) is 3.11. The van der Waals surface area contributed by atoms with Crippen LogP contribution in [0.1, 0.15) is 0 Å². The molecule has 11 heteroatoms. The highest BCUT2D eigenvalue weighted by atomic mass is 16.5. The van der Waals surface area contributed by atoms with E-state index in [0.717, 1.165) is 4.57 Å². The van der Waals surface area contributed by atoms with E-state index < -0.39 is 17.4 Å². The average molecular weight is 418 g/mol. The zero-order valence-electron chi connectivity index (χ0n) is 17.2. The van der Waals surface area contributed by atoms with Gasteiger partial charge in [-0.15, -0.1) is 0 Å². The Kier molecular flexibility index (Phi) is 6.43. The Labute approximate surface area is 172 Å². The Morgan fingerprint density at radius 3 is 2.47 bits per heavy atom. The molecule has 0 fully saturated rings. The second kappa shape index (κ2) is 9.01. The van der Waals surface area contributed by atoms with Crippen LogP contribution >= 0.6 is 0 Å². The lowest BCUT2D eigenvalue weighted by atomic mass is 10.3. The number of hydrogen-bond donors (Lipinski definition) is 3. The number of anilines is 1. The molecule has 11 nitrogen and oxygen atoms in total. The first-order valence-electron chi connectivity index (χ1n) is 9.42. The van der Waals surface area contributed by atoms with Gasteiger partial charge in [-0.25, -0.2) is 4.79 Å². The van der Waals surface area contributed by atoms with Gasteiger partial charge in [-0.2, -0.15) is 4.98 Å². The number of nitrogens with one attached hydrogen (secondary N) is 1. The summed E-state index contributed by atoms with van der Waals surface area (Å²) in [6.07, 6.45) is -0.940. The summed E-state index contributed by atoms with van der Waals surface area (Å²) in [6.45, 7) is 0.792. The molecule has 30 heavy (non-hydrogen) atoms. The van der Waals surface area contributed by atoms with Gasteiger partial charge in [-0.1, -0.05) is 0 Å². The van der Waals surface area contributed by atoms with Gasteiger partial charge in [0, 0.05) is 27.2 Å². The van der Waals surface area contributed by atoms with Crippen LogP contribution in [0.25, 0.3) is 11.2 Å². The van der Waals surface area contributed by atoms with Gasteiger partial charge in [-0.3, -0.25) is 13.9 Å². The summed E-state index contributed by atoms with van der Waals surface area (Å²) in [5.74, 6) is 1.62. The predicted molar refractivity (Wildman–Crippen MR) is 112 cm³/mol. The highest BCUT2D eigenvalue weighted by molar-refractivity contribution is 5.74. The molecule has 0 saturated carbocycles. The lowest BCUT2D eigenvalue weighted by molar-refractivity contribution is 0.0938. The molecule has 0 amide bonds. The Hall–Kier alpha value is -3.31. The molecule has 2 aromatic heterocycles. The van der Waals surface area contributed by atoms with Gasteiger partial charge in [0.2, 0.25) is 5.95 Å². The van der Waals surface area contributed by atoms with E-state index in [1.807, 2.05) is 0 Å². The first-order chi connectivity index (χ1) is 14.4. The SMILES string of the molecule is COc1ccc(OC[C@@H](O)Cn2c(NCCN)nc3c2c(=O)n(C)c(=O)n3C)cc1. The number of imidazole rings is 1. The monoisotopic (exact) mass is 418 g/mol. The molecule has 0 aliphatic carbocycles. The van der Waals surface area contributed by atoms with Crippen molar-refractivity contribution in [3.05, 3.63) is 45.1 Å². The fourth-order valence-corrected chi connectivity index (χ4v) is 3.07. The third-order valence-electron chi connectivity index (χ3n) is 4.67. The first kappa shape index (κ1) is 21.4. The highest BCUT2D eigenvalue weighted by Crippen LogP contribution is 2.19. The Bertz CT molecular complexity index is 1130. The van der Waals surface area contributed by atoms with Crippen molar-refractivity contribution in [1.29, 1.82) is 0 Å². The quantitative estimate of drug-likeness (QED) is 0.413. The lowest BCUT2D eigenvalue weighted by Gasteiger charge is -2.16. The lowest BCUT2D eigenvalue weighted by Crippen LogP contribution is -2.38. The van der Waals surface area contributed by atoms with Crippen molar-refractivity contribution in [2.45, 2.75) is 12.6 Å². The van der Waals surface area contributed by atoms with E-state index in [4.69, 9.17) is 15.2 Å². The minimum absolute atomic E-state index is 0.00555. The molecular formula is C19H26N6O5. The van der Waals surface area contributed by atoms with Gasteiger partial charge in [0.25, 0.3) is 5.56 Å². The fraction of sp³-hybridized carbons (Fsp3) is 0.421. The van der Waals surface area contributed by atoms with Crippen LogP contribution in [0.4, 0.5) is 5.95 Å². The van der Waals surface area contributed by atoms with Crippen LogP contribution in [0.5, 0.6) is 11.5 Å². The van der Waals surface area contributed by atoms with Crippen LogP contribution in [0.15, 0.2) is 33.9 Å². The second-order valence-corrected chi connectivity index (χ2v) is 6.78. The third kappa shape index (κ3) is 4.16. The normalized spacial score (nSPS) is 12.2. The summed E-state index contributed by atoms with van der Waals surface area (Å²) in [7, 11) is 4.51. The minimum atomic E-state index is -0.940. The van der Waals surface area contributed by atoms with Gasteiger partial charge in [0.05, 0.1) is 13.7 Å². The van der Waals surface area contributed by atoms with Crippen molar-refractivity contribution in [2.75, 3.05) is 32.1 Å². The van der Waals surface area contributed by atoms with Crippen LogP contribution in [0.3, 0.4) is 0 Å². The van der Waals surface area contributed by atoms with E-state index in [1.165, 1.54) is 18.7 Å². The first-order valence-corrected chi connectivity index (χ1v) is 9.42. The van der Waals surface area contributed by atoms with Crippen molar-refractivity contribution in [1.82, 2.24) is 18.7 Å². The molecule has 4 N–H and O–H groups in total. The number of aliphatic hydroxyl groups excluding tert-OH is 1. The summed E-state index contributed by atoms with van der Waals surface area (Å²) in [5, 5.41) is 13.6. The molecule has 0 unspecified atom stereocenters. The third-order valence-corrected chi connectivity index (χ3v) is 4.67. The fourth-order valence-electron chi connectivity index (χ4n) is 3.07. The van der Waals surface area contributed by atoms with Crippen LogP contribution < -0.4 is 31.8 Å². The second-order valence-electron chi connectivity index (χ2n) is 6.78. The van der Waals surface area contributed by atoms with Crippen molar-refractivity contribution in [3.63, 3.8) is 0 Å². The van der Waals surface area contributed by atoms with Crippen molar-refractivity contribution < 1.29 is 14.6 Å². The van der Waals surface area contributed by atoms with Crippen LogP contribution in [-0.4, -0.2) is 56.7 Å². The van der Waals surface area contributed by atoms with E-state index in [9.17, 15) is 14.7 Å². The van der Waals surface area contributed by atoms with Crippen LogP contribution in [0, 0.1) is 0 Å². The Balaban J connectivity index is 1.88. The summed E-state index contributed by atoms with van der Waals surface area (Å²) >= 11 is 0. The molecule has 3 rings (SSSR count). The largest absolute Gasteiger partial charge is 0.497 e. The number of aryl methyl sites for hydroxylation is 1. The number of aliphatic hydroxyl groups is 1. The van der Waals surface area contributed by atoms with Gasteiger partial charge in [0.15, 0.2) is 11.2 Å². The number of aromatic nitrogens is 4. The zero-order chi connectivity index (χ0) is 21.8. The number of rotatable bonds is 9. The maximum Gasteiger partial charge on any atom is 0.332 e. The van der Waals surface area contributed by atoms with E-state index in [-0.39, 0.29) is 24.3 Å². The Morgan fingerprint density at radius 1 is 1.17 bits per heavy atom. The molecule has 0 bridgehead atoms. The molecule has 0 aliphatic heterocycles. The van der Waals surface area contributed by atoms with Gasteiger partial charge in [-0.05, 0) is 24.3 Å². The number of nitrogens with zero attached hydrogens (tertiary/aromatic N) is 4. The van der Waals surface area contributed by atoms with E-state index >= 15 is 0 Å². The van der Waals surface area contributed by atoms with Gasteiger partial charge in [0.1, 0.15) is 24.2 Å². The number of fused-ring (bicyclic) bond motifs is 1. The zero-order valence-corrected chi connectivity index (χ0v) is 17.2. The molecule has 1 aromatic carbocycles. The number of hydrogen-bond acceptors (Lipinski definition) is 8. The maximum absolute atomic E-state index is 12.7. The number of nitrogens with two attached hydrogens (primary N) is 1. The van der Waals surface area contributed by atoms with E-state index in [2.05, 4.69) is 10.3 Å². The summed E-state index contributed by atoms with van der Waals surface area (Å²) in [5.41, 5.74) is 5.03. The smallest absolute Gasteiger partial charge is 0.332 e. The number of benzene rings is 1. The molecule has 0 saturated heterocycles. The summed E-state index contributed by atoms with van der Waals surface area (Å²) in [4.78, 5) is 29.3. The van der Waals surface area contributed by atoms with Gasteiger partial charge < -0.3 is 30.2 Å². The highest BCUT2D eigenvalue weighted by Gasteiger charge is 2.21. The van der Waals surface area contributed by atoms with Gasteiger partial charge >= 0.3 is 5.69 Å². The van der Waals surface area contributed by atoms with Crippen molar-refractivity contribution in [3.8, 4) is 11.5 Å². The summed E-state index contributed by atoms with van der Waals surface area (Å²) in [6, 6.07) is 6.98. The number of methoxy groups -OCH3 is 1. The molecule has 162 valence electrons. The molecule has 0 aliphatic rings. The molecule has 3 aromatic rings. The standard InChI is InChI=1S/C19H26N6O5/c1-23-16-15(17(27)24(2)19(23)28)25(18(22-16)21-9-8-20)10-12(26)11-30-14-6-4-13(29-3)5-7-14/h4-7,12,26H,8-11,20H2,1-3H3,(H,21,22)/t12-/m0/s1. The van der Waals surface area contributed by atoms with E-state index in [1.54, 1.807) is 35.9 Å². The van der Waals surface area contributed by atoms with E-state index in [0.29, 0.717) is 30.5 Å². The summed E-state index contributed by atoms with van der Waals surface area (Å²) < 4.78 is 14.6.